The zero-order valence-electron chi connectivity index (χ0n) is 6.87. The van der Waals surface area contributed by atoms with Crippen molar-refractivity contribution in [2.24, 2.45) is 5.73 Å². The van der Waals surface area contributed by atoms with Gasteiger partial charge in [0.1, 0.15) is 6.04 Å². The van der Waals surface area contributed by atoms with E-state index < -0.39 is 12.0 Å². The predicted molar refractivity (Wildman–Crippen MR) is 52.7 cm³/mol. The minimum Gasteiger partial charge on any atom is -0.505 e. The molecule has 1 aromatic rings. The largest absolute Gasteiger partial charge is 0.505 e. The van der Waals surface area contributed by atoms with E-state index in [1.54, 1.807) is 0 Å². The highest BCUT2D eigenvalue weighted by atomic mass is 35.5. The van der Waals surface area contributed by atoms with Gasteiger partial charge in [0.15, 0.2) is 5.75 Å². The molecular weight excluding hydrogens is 229 g/mol. The first-order chi connectivity index (χ1) is 6.43. The van der Waals surface area contributed by atoms with Crippen LogP contribution in [-0.4, -0.2) is 16.2 Å². The molecule has 6 heteroatoms. The molecule has 0 bridgehead atoms. The lowest BCUT2D eigenvalue weighted by molar-refractivity contribution is -0.138. The number of rotatable bonds is 2. The number of carboxylic acid groups (broad SMARTS) is 1. The molecule has 0 amide bonds. The van der Waals surface area contributed by atoms with Crippen molar-refractivity contribution in [3.05, 3.63) is 27.7 Å². The summed E-state index contributed by atoms with van der Waals surface area (Å²) < 4.78 is 0. The highest BCUT2D eigenvalue weighted by Gasteiger charge is 2.17. The van der Waals surface area contributed by atoms with Crippen LogP contribution in [0.15, 0.2) is 12.1 Å². The van der Waals surface area contributed by atoms with E-state index in [2.05, 4.69) is 0 Å². The van der Waals surface area contributed by atoms with E-state index in [0.717, 1.165) is 0 Å². The standard InChI is InChI=1S/C8H7Cl2NO3/c9-4-1-3(6(11)8(13)14)2-5(10)7(4)12/h1-2,6,12H,11H2,(H,13,14)/t6-/m1/s1. The smallest absolute Gasteiger partial charge is 0.325 e. The summed E-state index contributed by atoms with van der Waals surface area (Å²) in [6.45, 7) is 0. The zero-order valence-corrected chi connectivity index (χ0v) is 8.38. The molecule has 0 aromatic heterocycles. The van der Waals surface area contributed by atoms with Gasteiger partial charge < -0.3 is 15.9 Å². The Morgan fingerprint density at radius 2 is 1.79 bits per heavy atom. The van der Waals surface area contributed by atoms with Crippen molar-refractivity contribution in [1.82, 2.24) is 0 Å². The number of phenols is 1. The van der Waals surface area contributed by atoms with E-state index in [4.69, 9.17) is 34.0 Å². The lowest BCUT2D eigenvalue weighted by atomic mass is 10.1. The van der Waals surface area contributed by atoms with Crippen molar-refractivity contribution in [2.75, 3.05) is 0 Å². The van der Waals surface area contributed by atoms with Crippen LogP contribution in [0.4, 0.5) is 0 Å². The van der Waals surface area contributed by atoms with E-state index in [0.29, 0.717) is 0 Å². The van der Waals surface area contributed by atoms with Crippen LogP contribution in [0.1, 0.15) is 11.6 Å². The normalized spacial score (nSPS) is 12.5. The average molecular weight is 236 g/mol. The summed E-state index contributed by atoms with van der Waals surface area (Å²) in [7, 11) is 0. The van der Waals surface area contributed by atoms with Crippen LogP contribution >= 0.6 is 23.2 Å². The van der Waals surface area contributed by atoms with Crippen LogP contribution in [0.5, 0.6) is 5.75 Å². The second-order valence-corrected chi connectivity index (χ2v) is 3.46. The quantitative estimate of drug-likeness (QED) is 0.730. The van der Waals surface area contributed by atoms with Crippen LogP contribution < -0.4 is 5.73 Å². The van der Waals surface area contributed by atoms with Gasteiger partial charge in [-0.3, -0.25) is 4.79 Å². The fourth-order valence-electron chi connectivity index (χ4n) is 0.907. The first kappa shape index (κ1) is 11.1. The molecule has 0 aliphatic carbocycles. The van der Waals surface area contributed by atoms with Gasteiger partial charge in [-0.25, -0.2) is 0 Å². The lowest BCUT2D eigenvalue weighted by Crippen LogP contribution is -2.20. The summed E-state index contributed by atoms with van der Waals surface area (Å²) in [6.07, 6.45) is 0. The maximum atomic E-state index is 10.5. The average Bonchev–Trinajstić information content (AvgIpc) is 2.12. The fraction of sp³-hybridized carbons (Fsp3) is 0.125. The number of halogens is 2. The Balaban J connectivity index is 3.19. The monoisotopic (exact) mass is 235 g/mol. The minimum absolute atomic E-state index is 0.0239. The second-order valence-electron chi connectivity index (χ2n) is 2.65. The maximum Gasteiger partial charge on any atom is 0.325 e. The number of carboxylic acids is 1. The summed E-state index contributed by atoms with van der Waals surface area (Å²) in [5.41, 5.74) is 5.57. The highest BCUT2D eigenvalue weighted by Crippen LogP contribution is 2.34. The number of hydrogen-bond acceptors (Lipinski definition) is 3. The lowest BCUT2D eigenvalue weighted by Gasteiger charge is -2.08. The third kappa shape index (κ3) is 2.09. The van der Waals surface area contributed by atoms with Crippen LogP contribution in [0.3, 0.4) is 0 Å². The molecule has 0 fully saturated rings. The van der Waals surface area contributed by atoms with E-state index in [1.807, 2.05) is 0 Å². The molecule has 1 aromatic carbocycles. The molecule has 0 aliphatic rings. The summed E-state index contributed by atoms with van der Waals surface area (Å²) >= 11 is 11.2. The number of hydrogen-bond donors (Lipinski definition) is 3. The van der Waals surface area contributed by atoms with Crippen LogP contribution in [-0.2, 0) is 4.79 Å². The number of nitrogens with two attached hydrogens (primary N) is 1. The van der Waals surface area contributed by atoms with Crippen LogP contribution in [0, 0.1) is 0 Å². The second kappa shape index (κ2) is 4.04. The Bertz CT molecular complexity index is 358. The topological polar surface area (TPSA) is 83.6 Å². The van der Waals surface area contributed by atoms with Crippen molar-refractivity contribution in [1.29, 1.82) is 0 Å². The molecule has 0 unspecified atom stereocenters. The molecule has 0 saturated carbocycles. The van der Waals surface area contributed by atoms with Gasteiger partial charge in [0.25, 0.3) is 0 Å². The molecule has 76 valence electrons. The van der Waals surface area contributed by atoms with Crippen molar-refractivity contribution >= 4 is 29.2 Å². The number of aromatic hydroxyl groups is 1. The van der Waals surface area contributed by atoms with Gasteiger partial charge in [-0.2, -0.15) is 0 Å². The van der Waals surface area contributed by atoms with Gasteiger partial charge in [-0.1, -0.05) is 23.2 Å². The third-order valence-corrected chi connectivity index (χ3v) is 2.24. The maximum absolute atomic E-state index is 10.5. The van der Waals surface area contributed by atoms with E-state index in [-0.39, 0.29) is 21.4 Å². The van der Waals surface area contributed by atoms with E-state index >= 15 is 0 Å². The summed E-state index contributed by atoms with van der Waals surface area (Å²) in [5, 5.41) is 17.8. The summed E-state index contributed by atoms with van der Waals surface area (Å²) in [4.78, 5) is 10.5. The van der Waals surface area contributed by atoms with Crippen molar-refractivity contribution < 1.29 is 15.0 Å². The van der Waals surface area contributed by atoms with Crippen LogP contribution in [0.2, 0.25) is 10.0 Å². The third-order valence-electron chi connectivity index (χ3n) is 1.66. The molecule has 14 heavy (non-hydrogen) atoms. The molecule has 0 radical (unpaired) electrons. The zero-order chi connectivity index (χ0) is 10.9. The summed E-state index contributed by atoms with van der Waals surface area (Å²) in [5.74, 6) is -1.47. The molecule has 0 saturated heterocycles. The Morgan fingerprint density at radius 3 is 2.14 bits per heavy atom. The SMILES string of the molecule is N[C@@H](C(=O)O)c1cc(Cl)c(O)c(Cl)c1. The Hall–Kier alpha value is -0.970. The molecule has 4 nitrogen and oxygen atoms in total. The molecule has 0 heterocycles. The highest BCUT2D eigenvalue weighted by molar-refractivity contribution is 6.37. The van der Waals surface area contributed by atoms with E-state index in [9.17, 15) is 9.90 Å². The van der Waals surface area contributed by atoms with Crippen LogP contribution in [0.25, 0.3) is 0 Å². The van der Waals surface area contributed by atoms with Gasteiger partial charge in [-0.15, -0.1) is 0 Å². The molecule has 1 rings (SSSR count). The molecular formula is C8H7Cl2NO3. The molecule has 1 atom stereocenters. The number of carbonyl (C=O) groups is 1. The number of benzene rings is 1. The van der Waals surface area contributed by atoms with Crippen molar-refractivity contribution in [2.45, 2.75) is 6.04 Å². The van der Waals surface area contributed by atoms with Gasteiger partial charge in [-0.05, 0) is 17.7 Å². The first-order valence-corrected chi connectivity index (χ1v) is 4.35. The Labute approximate surface area is 89.9 Å². The molecule has 0 spiro atoms. The Morgan fingerprint density at radius 1 is 1.36 bits per heavy atom. The van der Waals surface area contributed by atoms with Gasteiger partial charge in [0, 0.05) is 0 Å². The number of aliphatic carboxylic acids is 1. The van der Waals surface area contributed by atoms with Gasteiger partial charge in [0.05, 0.1) is 10.0 Å². The molecule has 0 aliphatic heterocycles. The minimum atomic E-state index is -1.20. The van der Waals surface area contributed by atoms with Crippen molar-refractivity contribution in [3.63, 3.8) is 0 Å². The number of phenolic OH excluding ortho intramolecular Hbond substituents is 1. The van der Waals surface area contributed by atoms with Gasteiger partial charge >= 0.3 is 5.97 Å². The predicted octanol–water partition coefficient (Wildman–Crippen LogP) is 1.78. The summed E-state index contributed by atoms with van der Waals surface area (Å²) in [6, 6.07) is 1.33. The van der Waals surface area contributed by atoms with E-state index in [1.165, 1.54) is 12.1 Å². The van der Waals surface area contributed by atoms with Crippen molar-refractivity contribution in [3.8, 4) is 5.75 Å². The first-order valence-electron chi connectivity index (χ1n) is 3.59. The fourth-order valence-corrected chi connectivity index (χ4v) is 1.41. The molecule has 4 N–H and O–H groups in total. The Kier molecular flexibility index (Phi) is 3.21. The van der Waals surface area contributed by atoms with Gasteiger partial charge in [0.2, 0.25) is 0 Å².